The lowest BCUT2D eigenvalue weighted by molar-refractivity contribution is 0.102. The molecule has 2 aromatic carbocycles. The molecule has 0 bridgehead atoms. The first-order valence-corrected chi connectivity index (χ1v) is 6.27. The summed E-state index contributed by atoms with van der Waals surface area (Å²) >= 11 is 0. The summed E-state index contributed by atoms with van der Waals surface area (Å²) in [7, 11) is 1.51. The van der Waals surface area contributed by atoms with Crippen molar-refractivity contribution in [2.75, 3.05) is 12.4 Å². The van der Waals surface area contributed by atoms with Crippen LogP contribution in [0.15, 0.2) is 42.5 Å². The molecule has 0 aromatic heterocycles. The zero-order chi connectivity index (χ0) is 15.2. The monoisotopic (exact) mass is 282 g/mol. The highest BCUT2D eigenvalue weighted by atomic mass is 16.5. The third-order valence-electron chi connectivity index (χ3n) is 2.96. The summed E-state index contributed by atoms with van der Waals surface area (Å²) in [6.07, 6.45) is 0. The van der Waals surface area contributed by atoms with Gasteiger partial charge < -0.3 is 15.2 Å². The Morgan fingerprint density at radius 1 is 1.33 bits per heavy atom. The van der Waals surface area contributed by atoms with Gasteiger partial charge in [-0.05, 0) is 36.4 Å². The molecule has 0 heterocycles. The third kappa shape index (κ3) is 3.38. The van der Waals surface area contributed by atoms with Crippen molar-refractivity contribution < 1.29 is 14.6 Å². The molecular weight excluding hydrogens is 268 g/mol. The maximum Gasteiger partial charge on any atom is 0.255 e. The number of hydrogen-bond acceptors (Lipinski definition) is 4. The van der Waals surface area contributed by atoms with E-state index in [9.17, 15) is 9.90 Å². The molecule has 0 radical (unpaired) electrons. The predicted molar refractivity (Wildman–Crippen MR) is 78.0 cm³/mol. The molecule has 2 rings (SSSR count). The van der Waals surface area contributed by atoms with Crippen LogP contribution in [0.25, 0.3) is 0 Å². The minimum atomic E-state index is -0.318. The number of anilines is 1. The number of benzene rings is 2. The number of nitrogens with zero attached hydrogens (tertiary/aromatic N) is 1. The van der Waals surface area contributed by atoms with Crippen molar-refractivity contribution in [1.29, 1.82) is 5.26 Å². The maximum absolute atomic E-state index is 12.1. The molecule has 0 saturated carbocycles. The van der Waals surface area contributed by atoms with Gasteiger partial charge in [0.05, 0.1) is 25.3 Å². The van der Waals surface area contributed by atoms with E-state index < -0.39 is 0 Å². The number of aliphatic hydroxyl groups is 1. The van der Waals surface area contributed by atoms with E-state index in [0.717, 1.165) is 0 Å². The fraction of sp³-hybridized carbons (Fsp3) is 0.125. The first kappa shape index (κ1) is 14.6. The van der Waals surface area contributed by atoms with E-state index in [0.29, 0.717) is 28.1 Å². The first-order valence-electron chi connectivity index (χ1n) is 6.27. The van der Waals surface area contributed by atoms with E-state index in [4.69, 9.17) is 10.00 Å². The molecule has 0 fully saturated rings. The molecule has 0 aliphatic rings. The normalized spacial score (nSPS) is 9.76. The van der Waals surface area contributed by atoms with Gasteiger partial charge in [-0.2, -0.15) is 5.26 Å². The number of rotatable bonds is 4. The van der Waals surface area contributed by atoms with E-state index in [1.807, 2.05) is 6.07 Å². The largest absolute Gasteiger partial charge is 0.496 e. The number of methoxy groups -OCH3 is 1. The van der Waals surface area contributed by atoms with Crippen molar-refractivity contribution in [3.05, 3.63) is 59.2 Å². The summed E-state index contributed by atoms with van der Waals surface area (Å²) in [5.74, 6) is 0.239. The highest BCUT2D eigenvalue weighted by Gasteiger charge is 2.09. The smallest absolute Gasteiger partial charge is 0.255 e. The molecule has 0 aliphatic heterocycles. The van der Waals surface area contributed by atoms with Crippen molar-refractivity contribution in [3.8, 4) is 11.8 Å². The molecule has 0 atom stereocenters. The number of carbonyl (C=O) groups excluding carboxylic acids is 1. The van der Waals surface area contributed by atoms with E-state index in [1.165, 1.54) is 13.2 Å². The van der Waals surface area contributed by atoms with Gasteiger partial charge in [0.25, 0.3) is 5.91 Å². The highest BCUT2D eigenvalue weighted by Crippen LogP contribution is 2.23. The van der Waals surface area contributed by atoms with Crippen molar-refractivity contribution >= 4 is 11.6 Å². The van der Waals surface area contributed by atoms with Crippen molar-refractivity contribution in [2.45, 2.75) is 6.61 Å². The molecule has 0 aliphatic carbocycles. The standard InChI is InChI=1S/C16H14N2O3/c1-21-15-6-5-14(8-13(15)10-19)18-16(20)12-4-2-3-11(7-12)9-17/h2-8,19H,10H2,1H3,(H,18,20). The Hall–Kier alpha value is -2.84. The summed E-state index contributed by atoms with van der Waals surface area (Å²) in [5, 5.41) is 20.8. The Kier molecular flexibility index (Phi) is 4.54. The van der Waals surface area contributed by atoms with Crippen LogP contribution in [-0.4, -0.2) is 18.1 Å². The van der Waals surface area contributed by atoms with Gasteiger partial charge in [-0.15, -0.1) is 0 Å². The number of carbonyl (C=O) groups is 1. The minimum Gasteiger partial charge on any atom is -0.496 e. The summed E-state index contributed by atoms with van der Waals surface area (Å²) in [5.41, 5.74) is 1.96. The average Bonchev–Trinajstić information content (AvgIpc) is 2.54. The second-order valence-electron chi connectivity index (χ2n) is 4.33. The van der Waals surface area contributed by atoms with E-state index in [-0.39, 0.29) is 12.5 Å². The van der Waals surface area contributed by atoms with Crippen molar-refractivity contribution in [1.82, 2.24) is 0 Å². The number of nitriles is 1. The van der Waals surface area contributed by atoms with Gasteiger partial charge in [0.1, 0.15) is 5.75 Å². The highest BCUT2D eigenvalue weighted by molar-refractivity contribution is 6.04. The molecular formula is C16H14N2O3. The molecule has 5 nitrogen and oxygen atoms in total. The summed E-state index contributed by atoms with van der Waals surface area (Å²) in [4.78, 5) is 12.1. The van der Waals surface area contributed by atoms with Crippen LogP contribution in [0, 0.1) is 11.3 Å². The van der Waals surface area contributed by atoms with Crippen molar-refractivity contribution in [2.24, 2.45) is 0 Å². The second-order valence-corrected chi connectivity index (χ2v) is 4.33. The molecule has 2 N–H and O–H groups in total. The van der Waals surface area contributed by atoms with E-state index in [2.05, 4.69) is 5.32 Å². The van der Waals surface area contributed by atoms with Crippen LogP contribution in [0.5, 0.6) is 5.75 Å². The topological polar surface area (TPSA) is 82.3 Å². The molecule has 0 spiro atoms. The van der Waals surface area contributed by atoms with Crippen molar-refractivity contribution in [3.63, 3.8) is 0 Å². The van der Waals surface area contributed by atoms with Crippen LogP contribution in [0.1, 0.15) is 21.5 Å². The lowest BCUT2D eigenvalue weighted by Crippen LogP contribution is -2.12. The summed E-state index contributed by atoms with van der Waals surface area (Å²) < 4.78 is 5.10. The van der Waals surface area contributed by atoms with E-state index in [1.54, 1.807) is 36.4 Å². The zero-order valence-corrected chi connectivity index (χ0v) is 11.5. The van der Waals surface area contributed by atoms with Gasteiger partial charge >= 0.3 is 0 Å². The maximum atomic E-state index is 12.1. The van der Waals surface area contributed by atoms with Crippen LogP contribution in [0.2, 0.25) is 0 Å². The number of nitrogens with one attached hydrogen (secondary N) is 1. The minimum absolute atomic E-state index is 0.184. The van der Waals surface area contributed by atoms with Gasteiger partial charge in [-0.3, -0.25) is 4.79 Å². The third-order valence-corrected chi connectivity index (χ3v) is 2.96. The van der Waals surface area contributed by atoms with Crippen LogP contribution in [-0.2, 0) is 6.61 Å². The SMILES string of the molecule is COc1ccc(NC(=O)c2cccc(C#N)c2)cc1CO. The fourth-order valence-corrected chi connectivity index (χ4v) is 1.91. The van der Waals surface area contributed by atoms with Gasteiger partial charge in [-0.1, -0.05) is 6.07 Å². The number of ether oxygens (including phenoxy) is 1. The number of amides is 1. The molecule has 0 unspecified atom stereocenters. The molecule has 5 heteroatoms. The Morgan fingerprint density at radius 2 is 2.14 bits per heavy atom. The average molecular weight is 282 g/mol. The van der Waals surface area contributed by atoms with Crippen LogP contribution in [0.3, 0.4) is 0 Å². The number of aliphatic hydroxyl groups excluding tert-OH is 1. The second kappa shape index (κ2) is 6.55. The Bertz CT molecular complexity index is 705. The molecule has 2 aromatic rings. The van der Waals surface area contributed by atoms with Crippen LogP contribution < -0.4 is 10.1 Å². The Labute approximate surface area is 122 Å². The first-order chi connectivity index (χ1) is 10.2. The summed E-state index contributed by atoms with van der Waals surface area (Å²) in [6.45, 7) is -0.184. The Morgan fingerprint density at radius 3 is 2.81 bits per heavy atom. The summed E-state index contributed by atoms with van der Waals surface area (Å²) in [6, 6.07) is 13.4. The van der Waals surface area contributed by atoms with Gasteiger partial charge in [0.2, 0.25) is 0 Å². The zero-order valence-electron chi connectivity index (χ0n) is 11.5. The molecule has 1 amide bonds. The molecule has 21 heavy (non-hydrogen) atoms. The predicted octanol–water partition coefficient (Wildman–Crippen LogP) is 2.31. The Balaban J connectivity index is 2.21. The lowest BCUT2D eigenvalue weighted by atomic mass is 10.1. The molecule has 106 valence electrons. The quantitative estimate of drug-likeness (QED) is 0.901. The van der Waals surface area contributed by atoms with Gasteiger partial charge in [0.15, 0.2) is 0 Å². The fourth-order valence-electron chi connectivity index (χ4n) is 1.91. The number of hydrogen-bond donors (Lipinski definition) is 2. The van der Waals surface area contributed by atoms with Crippen LogP contribution >= 0.6 is 0 Å². The van der Waals surface area contributed by atoms with Crippen LogP contribution in [0.4, 0.5) is 5.69 Å². The lowest BCUT2D eigenvalue weighted by Gasteiger charge is -2.10. The van der Waals surface area contributed by atoms with Gasteiger partial charge in [0, 0.05) is 16.8 Å². The molecule has 0 saturated heterocycles. The van der Waals surface area contributed by atoms with E-state index >= 15 is 0 Å². The van der Waals surface area contributed by atoms with Gasteiger partial charge in [-0.25, -0.2) is 0 Å².